The minimum atomic E-state index is -0.807. The molecule has 2 aromatic carbocycles. The number of ether oxygens (including phenoxy) is 3. The van der Waals surface area contributed by atoms with Gasteiger partial charge in [0, 0.05) is 11.6 Å². The molecule has 10 nitrogen and oxygen atoms in total. The fourth-order valence-corrected chi connectivity index (χ4v) is 3.25. The van der Waals surface area contributed by atoms with Crippen molar-refractivity contribution >= 4 is 23.5 Å². The molecule has 160 valence electrons. The van der Waals surface area contributed by atoms with E-state index in [0.29, 0.717) is 34.7 Å². The zero-order valence-electron chi connectivity index (χ0n) is 17.2. The fourth-order valence-electron chi connectivity index (χ4n) is 3.25. The summed E-state index contributed by atoms with van der Waals surface area (Å²) in [6, 6.07) is 11.5. The molecule has 2 heterocycles. The monoisotopic (exact) mass is 423 g/mol. The van der Waals surface area contributed by atoms with Crippen molar-refractivity contribution in [2.45, 2.75) is 12.5 Å². The van der Waals surface area contributed by atoms with Crippen LogP contribution in [0.5, 0.6) is 17.2 Å². The van der Waals surface area contributed by atoms with Gasteiger partial charge in [-0.1, -0.05) is 0 Å². The number of methoxy groups -OCH3 is 3. The molecule has 0 saturated heterocycles. The zero-order chi connectivity index (χ0) is 22.0. The number of carbonyl (C=O) groups excluding carboxylic acids is 2. The Morgan fingerprint density at radius 3 is 2.45 bits per heavy atom. The zero-order valence-corrected chi connectivity index (χ0v) is 17.2. The summed E-state index contributed by atoms with van der Waals surface area (Å²) in [5.41, 5.74) is 1.24. The average molecular weight is 423 g/mol. The van der Waals surface area contributed by atoms with Crippen molar-refractivity contribution in [3.8, 4) is 28.6 Å². The summed E-state index contributed by atoms with van der Waals surface area (Å²) in [7, 11) is 4.63. The average Bonchev–Trinajstić information content (AvgIpc) is 3.32. The van der Waals surface area contributed by atoms with E-state index in [2.05, 4.69) is 20.7 Å². The summed E-state index contributed by atoms with van der Waals surface area (Å²) in [4.78, 5) is 29.4. The molecule has 3 aromatic rings. The van der Waals surface area contributed by atoms with Gasteiger partial charge in [0.1, 0.15) is 23.3 Å². The van der Waals surface area contributed by atoms with Crippen molar-refractivity contribution in [2.75, 3.05) is 32.0 Å². The number of aromatic nitrogens is 3. The number of benzene rings is 2. The molecule has 1 atom stereocenters. The Balaban J connectivity index is 1.50. The van der Waals surface area contributed by atoms with Gasteiger partial charge in [-0.15, -0.1) is 5.10 Å². The third-order valence-corrected chi connectivity index (χ3v) is 4.87. The molecular weight excluding hydrogens is 402 g/mol. The lowest BCUT2D eigenvalue weighted by Crippen LogP contribution is -2.24. The van der Waals surface area contributed by atoms with Gasteiger partial charge in [0.2, 0.25) is 11.9 Å². The quantitative estimate of drug-likeness (QED) is 0.600. The molecule has 0 radical (unpaired) electrons. The van der Waals surface area contributed by atoms with Gasteiger partial charge in [-0.05, 0) is 36.4 Å². The Hall–Kier alpha value is -4.08. The number of nitrogens with zero attached hydrogens (tertiary/aromatic N) is 3. The Morgan fingerprint density at radius 2 is 1.77 bits per heavy atom. The highest BCUT2D eigenvalue weighted by molar-refractivity contribution is 6.01. The van der Waals surface area contributed by atoms with E-state index in [-0.39, 0.29) is 18.2 Å². The summed E-state index contributed by atoms with van der Waals surface area (Å²) >= 11 is 0. The molecule has 10 heteroatoms. The van der Waals surface area contributed by atoms with Gasteiger partial charge in [-0.25, -0.2) is 4.68 Å². The van der Waals surface area contributed by atoms with Crippen LogP contribution in [0.4, 0.5) is 11.6 Å². The van der Waals surface area contributed by atoms with Crippen LogP contribution in [0, 0.1) is 0 Å². The predicted molar refractivity (Wildman–Crippen MR) is 112 cm³/mol. The van der Waals surface area contributed by atoms with E-state index in [1.165, 1.54) is 11.8 Å². The van der Waals surface area contributed by atoms with Crippen molar-refractivity contribution in [2.24, 2.45) is 0 Å². The van der Waals surface area contributed by atoms with E-state index in [0.717, 1.165) is 5.56 Å². The number of nitrogens with one attached hydrogen (secondary N) is 2. The maximum absolute atomic E-state index is 12.6. The fraction of sp³-hybridized carbons (Fsp3) is 0.238. The molecule has 0 spiro atoms. The Labute approximate surface area is 178 Å². The Bertz CT molecular complexity index is 1130. The van der Waals surface area contributed by atoms with Crippen molar-refractivity contribution < 1.29 is 23.8 Å². The van der Waals surface area contributed by atoms with Crippen LogP contribution in [-0.2, 0) is 9.59 Å². The Kier molecular flexibility index (Phi) is 5.44. The van der Waals surface area contributed by atoms with Gasteiger partial charge < -0.3 is 19.5 Å². The summed E-state index contributed by atoms with van der Waals surface area (Å²) < 4.78 is 17.0. The standard InChI is InChI=1S/C21H21N5O5/c1-29-13-6-4-12(5-7-13)19-23-21-24-20(28)16(26(21)25-19)11-18(27)22-15-9-8-14(30-2)10-17(15)31-3/h4-10,16H,11H2,1-3H3,(H,22,27)(H,23,24,25,28). The van der Waals surface area contributed by atoms with Crippen LogP contribution < -0.4 is 24.8 Å². The minimum absolute atomic E-state index is 0.112. The van der Waals surface area contributed by atoms with E-state index in [4.69, 9.17) is 14.2 Å². The van der Waals surface area contributed by atoms with Crippen molar-refractivity contribution in [3.05, 3.63) is 42.5 Å². The van der Waals surface area contributed by atoms with Gasteiger partial charge >= 0.3 is 0 Å². The van der Waals surface area contributed by atoms with Crippen LogP contribution in [-0.4, -0.2) is 47.9 Å². The highest BCUT2D eigenvalue weighted by Crippen LogP contribution is 2.31. The smallest absolute Gasteiger partial charge is 0.252 e. The first-order valence-electron chi connectivity index (χ1n) is 9.46. The lowest BCUT2D eigenvalue weighted by Gasteiger charge is -2.13. The molecule has 1 aromatic heterocycles. The van der Waals surface area contributed by atoms with Crippen LogP contribution in [0.2, 0.25) is 0 Å². The lowest BCUT2D eigenvalue weighted by molar-refractivity contribution is -0.123. The molecule has 0 fully saturated rings. The summed E-state index contributed by atoms with van der Waals surface area (Å²) in [5, 5.41) is 9.86. The molecule has 4 rings (SSSR count). The third-order valence-electron chi connectivity index (χ3n) is 4.87. The predicted octanol–water partition coefficient (Wildman–Crippen LogP) is 2.49. The van der Waals surface area contributed by atoms with Crippen molar-refractivity contribution in [3.63, 3.8) is 0 Å². The topological polar surface area (TPSA) is 117 Å². The molecule has 1 aliphatic rings. The SMILES string of the molecule is COc1ccc(-c2nc3n(n2)C(CC(=O)Nc2ccc(OC)cc2OC)C(=O)N3)cc1. The summed E-state index contributed by atoms with van der Waals surface area (Å²) in [5.74, 6) is 1.81. The molecule has 0 saturated carbocycles. The summed E-state index contributed by atoms with van der Waals surface area (Å²) in [6.07, 6.45) is -0.112. The van der Waals surface area contributed by atoms with Gasteiger partial charge in [0.15, 0.2) is 5.82 Å². The maximum atomic E-state index is 12.6. The van der Waals surface area contributed by atoms with E-state index >= 15 is 0 Å². The maximum Gasteiger partial charge on any atom is 0.252 e. The third kappa shape index (κ3) is 4.00. The van der Waals surface area contributed by atoms with E-state index in [1.54, 1.807) is 44.6 Å². The number of fused-ring (bicyclic) bond motifs is 1. The second kappa shape index (κ2) is 8.34. The molecule has 0 bridgehead atoms. The van der Waals surface area contributed by atoms with Gasteiger partial charge in [-0.3, -0.25) is 14.9 Å². The van der Waals surface area contributed by atoms with Crippen LogP contribution in [0.25, 0.3) is 11.4 Å². The summed E-state index contributed by atoms with van der Waals surface area (Å²) in [6.45, 7) is 0. The molecule has 2 amide bonds. The largest absolute Gasteiger partial charge is 0.497 e. The minimum Gasteiger partial charge on any atom is -0.497 e. The van der Waals surface area contributed by atoms with E-state index in [1.807, 2.05) is 12.1 Å². The number of amides is 2. The highest BCUT2D eigenvalue weighted by Gasteiger charge is 2.35. The number of hydrogen-bond acceptors (Lipinski definition) is 7. The number of carbonyl (C=O) groups is 2. The van der Waals surface area contributed by atoms with Crippen molar-refractivity contribution in [1.29, 1.82) is 0 Å². The molecular formula is C21H21N5O5. The molecule has 2 N–H and O–H groups in total. The van der Waals surface area contributed by atoms with Gasteiger partial charge in [0.05, 0.1) is 33.4 Å². The van der Waals surface area contributed by atoms with Gasteiger partial charge in [-0.2, -0.15) is 4.98 Å². The highest BCUT2D eigenvalue weighted by atomic mass is 16.5. The molecule has 31 heavy (non-hydrogen) atoms. The molecule has 1 aliphatic heterocycles. The van der Waals surface area contributed by atoms with Crippen LogP contribution in [0.3, 0.4) is 0 Å². The molecule has 1 unspecified atom stereocenters. The van der Waals surface area contributed by atoms with Crippen molar-refractivity contribution in [1.82, 2.24) is 14.8 Å². The van der Waals surface area contributed by atoms with E-state index in [9.17, 15) is 9.59 Å². The van der Waals surface area contributed by atoms with Crippen LogP contribution in [0.1, 0.15) is 12.5 Å². The first-order chi connectivity index (χ1) is 15.0. The number of rotatable bonds is 7. The van der Waals surface area contributed by atoms with Gasteiger partial charge in [0.25, 0.3) is 5.91 Å². The second-order valence-electron chi connectivity index (χ2n) is 6.76. The van der Waals surface area contributed by atoms with Crippen LogP contribution in [0.15, 0.2) is 42.5 Å². The second-order valence-corrected chi connectivity index (χ2v) is 6.76. The van der Waals surface area contributed by atoms with Crippen LogP contribution >= 0.6 is 0 Å². The number of anilines is 2. The number of hydrogen-bond donors (Lipinski definition) is 2. The van der Waals surface area contributed by atoms with E-state index < -0.39 is 6.04 Å². The first kappa shape index (κ1) is 20.2. The molecule has 0 aliphatic carbocycles. The lowest BCUT2D eigenvalue weighted by atomic mass is 10.2. The first-order valence-corrected chi connectivity index (χ1v) is 9.46. The normalized spacial score (nSPS) is 14.5. The Morgan fingerprint density at radius 1 is 1.06 bits per heavy atom.